The van der Waals surface area contributed by atoms with Crippen molar-refractivity contribution < 1.29 is 4.74 Å². The monoisotopic (exact) mass is 300 g/mol. The Morgan fingerprint density at radius 1 is 1.37 bits per heavy atom. The van der Waals surface area contributed by atoms with Gasteiger partial charge in [-0.1, -0.05) is 23.2 Å². The summed E-state index contributed by atoms with van der Waals surface area (Å²) in [7, 11) is 1.96. The molecule has 0 radical (unpaired) electrons. The number of ether oxygens (including phenoxy) is 1. The van der Waals surface area contributed by atoms with Gasteiger partial charge in [-0.3, -0.25) is 0 Å². The summed E-state index contributed by atoms with van der Waals surface area (Å²) in [5.41, 5.74) is 1.57. The number of anilines is 1. The second-order valence-electron chi connectivity index (χ2n) is 4.69. The largest absolute Gasteiger partial charge is 0.377 e. The molecule has 3 heterocycles. The zero-order chi connectivity index (χ0) is 13.6. The molecule has 0 N–H and O–H groups in total. The number of hydrogen-bond donors (Lipinski definition) is 0. The Kier molecular flexibility index (Phi) is 3.28. The summed E-state index contributed by atoms with van der Waals surface area (Å²) in [5.74, 6) is 0.872. The number of halogens is 2. The maximum absolute atomic E-state index is 6.11. The van der Waals surface area contributed by atoms with Crippen molar-refractivity contribution in [1.29, 1.82) is 0 Å². The first kappa shape index (κ1) is 13.0. The summed E-state index contributed by atoms with van der Waals surface area (Å²) in [5, 5.41) is 0.715. The molecule has 0 aliphatic carbocycles. The van der Waals surface area contributed by atoms with Crippen LogP contribution in [0.25, 0.3) is 11.0 Å². The highest BCUT2D eigenvalue weighted by Crippen LogP contribution is 2.29. The van der Waals surface area contributed by atoms with Crippen LogP contribution in [-0.2, 0) is 11.8 Å². The minimum Gasteiger partial charge on any atom is -0.377 e. The van der Waals surface area contributed by atoms with Crippen LogP contribution in [0.2, 0.25) is 10.3 Å². The molecule has 2 aromatic heterocycles. The maximum atomic E-state index is 6.11. The highest BCUT2D eigenvalue weighted by molar-refractivity contribution is 6.36. The first-order valence-corrected chi connectivity index (χ1v) is 6.86. The molecule has 1 aliphatic heterocycles. The molecule has 2 aromatic rings. The molecule has 0 aromatic carbocycles. The van der Waals surface area contributed by atoms with Gasteiger partial charge in [0.2, 0.25) is 5.95 Å². The van der Waals surface area contributed by atoms with Gasteiger partial charge < -0.3 is 14.2 Å². The van der Waals surface area contributed by atoms with Gasteiger partial charge in [0, 0.05) is 19.7 Å². The Morgan fingerprint density at radius 3 is 2.89 bits per heavy atom. The van der Waals surface area contributed by atoms with E-state index in [0.29, 0.717) is 29.0 Å². The molecule has 1 unspecified atom stereocenters. The maximum Gasteiger partial charge on any atom is 0.206 e. The van der Waals surface area contributed by atoms with Crippen molar-refractivity contribution in [2.75, 3.05) is 24.7 Å². The topological polar surface area (TPSA) is 43.2 Å². The van der Waals surface area contributed by atoms with Crippen molar-refractivity contribution in [3.8, 4) is 0 Å². The molecule has 0 bridgehead atoms. The second kappa shape index (κ2) is 4.81. The molecule has 1 aliphatic rings. The van der Waals surface area contributed by atoms with E-state index in [-0.39, 0.29) is 6.04 Å². The summed E-state index contributed by atoms with van der Waals surface area (Å²) in [4.78, 5) is 10.9. The Balaban J connectivity index is 2.14. The van der Waals surface area contributed by atoms with Gasteiger partial charge in [-0.25, -0.2) is 9.97 Å². The highest BCUT2D eigenvalue weighted by atomic mass is 35.5. The SMILES string of the molecule is CC1COCCN1c1nc2c(Cl)nc(Cl)cc2n1C. The fourth-order valence-corrected chi connectivity index (χ4v) is 2.85. The molecule has 3 rings (SSSR count). The normalized spacial score (nSPS) is 20.2. The summed E-state index contributed by atoms with van der Waals surface area (Å²) in [6, 6.07) is 2.07. The van der Waals surface area contributed by atoms with Crippen LogP contribution in [0, 0.1) is 0 Å². The fraction of sp³-hybridized carbons (Fsp3) is 0.500. The summed E-state index contributed by atoms with van der Waals surface area (Å²) < 4.78 is 7.45. The van der Waals surface area contributed by atoms with E-state index in [1.807, 2.05) is 11.6 Å². The number of morpholine rings is 1. The van der Waals surface area contributed by atoms with Gasteiger partial charge in [0.1, 0.15) is 10.7 Å². The van der Waals surface area contributed by atoms with E-state index in [9.17, 15) is 0 Å². The van der Waals surface area contributed by atoms with Crippen molar-refractivity contribution >= 4 is 40.2 Å². The van der Waals surface area contributed by atoms with E-state index in [4.69, 9.17) is 27.9 Å². The van der Waals surface area contributed by atoms with Gasteiger partial charge in [-0.2, -0.15) is 0 Å². The van der Waals surface area contributed by atoms with Crippen molar-refractivity contribution in [3.05, 3.63) is 16.4 Å². The van der Waals surface area contributed by atoms with E-state index in [1.54, 1.807) is 6.07 Å². The number of rotatable bonds is 1. The van der Waals surface area contributed by atoms with Crippen LogP contribution in [0.4, 0.5) is 5.95 Å². The Morgan fingerprint density at radius 2 is 2.16 bits per heavy atom. The average Bonchev–Trinajstić information content (AvgIpc) is 2.68. The number of imidazole rings is 1. The van der Waals surface area contributed by atoms with Gasteiger partial charge in [0.25, 0.3) is 0 Å². The zero-order valence-corrected chi connectivity index (χ0v) is 12.2. The van der Waals surface area contributed by atoms with Gasteiger partial charge in [-0.15, -0.1) is 0 Å². The van der Waals surface area contributed by atoms with Crippen LogP contribution < -0.4 is 4.90 Å². The Bertz CT molecular complexity index is 628. The second-order valence-corrected chi connectivity index (χ2v) is 5.44. The van der Waals surface area contributed by atoms with Crippen molar-refractivity contribution in [2.24, 2.45) is 7.05 Å². The molecule has 7 heteroatoms. The standard InChI is InChI=1S/C12H14Cl2N4O/c1-7-6-19-4-3-18(7)12-16-10-8(17(12)2)5-9(13)15-11(10)14/h5,7H,3-4,6H2,1-2H3. The van der Waals surface area contributed by atoms with Crippen LogP contribution in [0.15, 0.2) is 6.07 Å². The van der Waals surface area contributed by atoms with Crippen molar-refractivity contribution in [1.82, 2.24) is 14.5 Å². The van der Waals surface area contributed by atoms with Gasteiger partial charge in [0.05, 0.1) is 24.8 Å². The minimum absolute atomic E-state index is 0.284. The molecule has 0 amide bonds. The molecule has 1 atom stereocenters. The third-order valence-electron chi connectivity index (χ3n) is 3.40. The summed E-state index contributed by atoms with van der Waals surface area (Å²) in [6.07, 6.45) is 0. The van der Waals surface area contributed by atoms with E-state index < -0.39 is 0 Å². The summed E-state index contributed by atoms with van der Waals surface area (Å²) in [6.45, 7) is 4.35. The third kappa shape index (κ3) is 2.16. The van der Waals surface area contributed by atoms with Crippen LogP contribution in [0.5, 0.6) is 0 Å². The number of aromatic nitrogens is 3. The van der Waals surface area contributed by atoms with Crippen LogP contribution in [0.3, 0.4) is 0 Å². The first-order chi connectivity index (χ1) is 9.08. The van der Waals surface area contributed by atoms with Crippen LogP contribution in [0.1, 0.15) is 6.92 Å². The molecule has 0 spiro atoms. The molecule has 102 valence electrons. The van der Waals surface area contributed by atoms with E-state index in [2.05, 4.69) is 21.8 Å². The van der Waals surface area contributed by atoms with Crippen LogP contribution in [-0.4, -0.2) is 40.3 Å². The van der Waals surface area contributed by atoms with Gasteiger partial charge >= 0.3 is 0 Å². The lowest BCUT2D eigenvalue weighted by Crippen LogP contribution is -2.44. The number of pyridine rings is 1. The predicted molar refractivity (Wildman–Crippen MR) is 76.2 cm³/mol. The Hall–Kier alpha value is -1.04. The molecule has 5 nitrogen and oxygen atoms in total. The fourth-order valence-electron chi connectivity index (χ4n) is 2.39. The lowest BCUT2D eigenvalue weighted by atomic mass is 10.3. The molecule has 0 saturated carbocycles. The van der Waals surface area contributed by atoms with Crippen molar-refractivity contribution in [2.45, 2.75) is 13.0 Å². The molecule has 19 heavy (non-hydrogen) atoms. The Labute approximate surface area is 121 Å². The summed E-state index contributed by atoms with van der Waals surface area (Å²) >= 11 is 12.1. The number of aryl methyl sites for hydroxylation is 1. The quantitative estimate of drug-likeness (QED) is 0.759. The van der Waals surface area contributed by atoms with Crippen LogP contribution >= 0.6 is 23.2 Å². The van der Waals surface area contributed by atoms with Gasteiger partial charge in [-0.05, 0) is 6.92 Å². The number of hydrogen-bond acceptors (Lipinski definition) is 4. The highest BCUT2D eigenvalue weighted by Gasteiger charge is 2.24. The lowest BCUT2D eigenvalue weighted by molar-refractivity contribution is 0.0978. The molecule has 1 fully saturated rings. The molecule has 1 saturated heterocycles. The van der Waals surface area contributed by atoms with Gasteiger partial charge in [0.15, 0.2) is 5.15 Å². The first-order valence-electron chi connectivity index (χ1n) is 6.11. The number of nitrogens with zero attached hydrogens (tertiary/aromatic N) is 4. The zero-order valence-electron chi connectivity index (χ0n) is 10.7. The molecular weight excluding hydrogens is 287 g/mol. The smallest absolute Gasteiger partial charge is 0.206 e. The third-order valence-corrected chi connectivity index (χ3v) is 3.85. The van der Waals surface area contributed by atoms with E-state index in [0.717, 1.165) is 18.0 Å². The minimum atomic E-state index is 0.284. The lowest BCUT2D eigenvalue weighted by Gasteiger charge is -2.33. The van der Waals surface area contributed by atoms with E-state index in [1.165, 1.54) is 0 Å². The number of fused-ring (bicyclic) bond motifs is 1. The predicted octanol–water partition coefficient (Wildman–Crippen LogP) is 2.50. The van der Waals surface area contributed by atoms with E-state index >= 15 is 0 Å². The molecular formula is C12H14Cl2N4O. The van der Waals surface area contributed by atoms with Crippen molar-refractivity contribution in [3.63, 3.8) is 0 Å². The average molecular weight is 301 g/mol.